The zero-order valence-corrected chi connectivity index (χ0v) is 15.5. The van der Waals surface area contributed by atoms with Crippen molar-refractivity contribution in [1.29, 1.82) is 0 Å². The molecule has 0 unspecified atom stereocenters. The van der Waals surface area contributed by atoms with E-state index in [9.17, 15) is 9.59 Å². The zero-order valence-electron chi connectivity index (χ0n) is 15.5. The summed E-state index contributed by atoms with van der Waals surface area (Å²) in [4.78, 5) is 26.7. The van der Waals surface area contributed by atoms with Crippen LogP contribution in [-0.2, 0) is 4.74 Å². The van der Waals surface area contributed by atoms with E-state index in [4.69, 9.17) is 14.2 Å². The number of carbonyl (C=O) groups excluding carboxylic acids is 2. The van der Waals surface area contributed by atoms with Gasteiger partial charge < -0.3 is 24.4 Å². The first-order valence-corrected chi connectivity index (χ1v) is 9.01. The molecule has 1 saturated heterocycles. The molecule has 0 saturated carbocycles. The average molecular weight is 362 g/mol. The van der Waals surface area contributed by atoms with Gasteiger partial charge in [0.05, 0.1) is 5.56 Å². The molecule has 1 fully saturated rings. The Morgan fingerprint density at radius 3 is 2.77 bits per heavy atom. The van der Waals surface area contributed by atoms with Crippen LogP contribution in [0.5, 0.6) is 11.5 Å². The van der Waals surface area contributed by atoms with Crippen LogP contribution < -0.4 is 14.8 Å². The Hall–Kier alpha value is -2.44. The third-order valence-electron chi connectivity index (χ3n) is 4.23. The molecule has 0 radical (unpaired) electrons. The molecule has 1 N–H and O–H groups in total. The minimum absolute atomic E-state index is 0.108. The van der Waals surface area contributed by atoms with Crippen molar-refractivity contribution in [3.05, 3.63) is 23.8 Å². The van der Waals surface area contributed by atoms with E-state index in [1.54, 1.807) is 23.1 Å². The molecule has 2 heterocycles. The molecule has 1 atom stereocenters. The highest BCUT2D eigenvalue weighted by molar-refractivity contribution is 5.98. The summed E-state index contributed by atoms with van der Waals surface area (Å²) in [6.45, 7) is 7.48. The molecule has 2 aliphatic rings. The van der Waals surface area contributed by atoms with Crippen molar-refractivity contribution in [1.82, 2.24) is 10.2 Å². The van der Waals surface area contributed by atoms with E-state index >= 15 is 0 Å². The Kier molecular flexibility index (Phi) is 5.25. The van der Waals surface area contributed by atoms with Crippen LogP contribution in [0.25, 0.3) is 0 Å². The van der Waals surface area contributed by atoms with Crippen molar-refractivity contribution >= 4 is 12.0 Å². The number of hydrogen-bond acceptors (Lipinski definition) is 5. The molecule has 0 aromatic heterocycles. The predicted molar refractivity (Wildman–Crippen MR) is 95.7 cm³/mol. The number of fused-ring (bicyclic) bond motifs is 1. The minimum Gasteiger partial charge on any atom is -0.486 e. The van der Waals surface area contributed by atoms with Gasteiger partial charge in [0.1, 0.15) is 18.8 Å². The predicted octanol–water partition coefficient (Wildman–Crippen LogP) is 2.59. The van der Waals surface area contributed by atoms with Crippen LogP contribution in [0.4, 0.5) is 4.79 Å². The summed E-state index contributed by atoms with van der Waals surface area (Å²) in [7, 11) is 0. The van der Waals surface area contributed by atoms with Crippen molar-refractivity contribution in [2.75, 3.05) is 26.3 Å². The molecule has 1 aromatic rings. The Labute approximate surface area is 153 Å². The smallest absolute Gasteiger partial charge is 0.407 e. The number of ether oxygens (including phenoxy) is 3. The van der Waals surface area contributed by atoms with Gasteiger partial charge in [-0.05, 0) is 45.7 Å². The summed E-state index contributed by atoms with van der Waals surface area (Å²) in [5, 5.41) is 2.86. The maximum Gasteiger partial charge on any atom is 0.407 e. The van der Waals surface area contributed by atoms with Gasteiger partial charge in [0.25, 0.3) is 5.91 Å². The van der Waals surface area contributed by atoms with E-state index in [1.165, 1.54) is 0 Å². The standard InChI is InChI=1S/C19H26N2O5/c1-19(2,3)26-18(23)20-13-6-5-9-21(12-13)17(22)14-7-4-8-15-16(14)25-11-10-24-15/h4,7-8,13H,5-6,9-12H2,1-3H3,(H,20,23)/t13-/m0/s1. The highest BCUT2D eigenvalue weighted by Gasteiger charge is 2.29. The van der Waals surface area contributed by atoms with Crippen molar-refractivity contribution in [3.63, 3.8) is 0 Å². The molecule has 0 aliphatic carbocycles. The number of likely N-dealkylation sites (tertiary alicyclic amines) is 1. The monoisotopic (exact) mass is 362 g/mol. The fourth-order valence-corrected chi connectivity index (χ4v) is 3.17. The fourth-order valence-electron chi connectivity index (χ4n) is 3.17. The second-order valence-electron chi connectivity index (χ2n) is 7.57. The lowest BCUT2D eigenvalue weighted by atomic mass is 10.0. The van der Waals surface area contributed by atoms with Crippen LogP contribution in [0, 0.1) is 0 Å². The first kappa shape index (κ1) is 18.4. The molecule has 7 heteroatoms. The topological polar surface area (TPSA) is 77.1 Å². The zero-order chi connectivity index (χ0) is 18.7. The Bertz CT molecular complexity index is 683. The third kappa shape index (κ3) is 4.39. The number of benzene rings is 1. The van der Waals surface area contributed by atoms with Crippen LogP contribution in [0.15, 0.2) is 18.2 Å². The largest absolute Gasteiger partial charge is 0.486 e. The van der Waals surface area contributed by atoms with Crippen molar-refractivity contribution < 1.29 is 23.8 Å². The number of nitrogens with zero attached hydrogens (tertiary/aromatic N) is 1. The van der Waals surface area contributed by atoms with Gasteiger partial charge in [-0.25, -0.2) is 4.79 Å². The second kappa shape index (κ2) is 7.43. The summed E-state index contributed by atoms with van der Waals surface area (Å²) in [6.07, 6.45) is 1.18. The first-order valence-electron chi connectivity index (χ1n) is 9.01. The molecule has 2 aliphatic heterocycles. The van der Waals surface area contributed by atoms with Crippen molar-refractivity contribution in [2.45, 2.75) is 45.3 Å². The fraction of sp³-hybridized carbons (Fsp3) is 0.579. The summed E-state index contributed by atoms with van der Waals surface area (Å²) in [6, 6.07) is 5.22. The molecule has 2 amide bonds. The number of amides is 2. The van der Waals surface area contributed by atoms with Gasteiger partial charge >= 0.3 is 6.09 Å². The quantitative estimate of drug-likeness (QED) is 0.875. The number of para-hydroxylation sites is 1. The summed E-state index contributed by atoms with van der Waals surface area (Å²) in [5.74, 6) is 0.997. The lowest BCUT2D eigenvalue weighted by Gasteiger charge is -2.34. The third-order valence-corrected chi connectivity index (χ3v) is 4.23. The Morgan fingerprint density at radius 2 is 2.00 bits per heavy atom. The number of nitrogens with one attached hydrogen (secondary N) is 1. The molecule has 0 bridgehead atoms. The maximum absolute atomic E-state index is 13.0. The first-order chi connectivity index (χ1) is 12.3. The van der Waals surface area contributed by atoms with Gasteiger partial charge in [-0.2, -0.15) is 0 Å². The van der Waals surface area contributed by atoms with Crippen LogP contribution in [-0.4, -0.2) is 54.8 Å². The summed E-state index contributed by atoms with van der Waals surface area (Å²) >= 11 is 0. The van der Waals surface area contributed by atoms with E-state index in [0.717, 1.165) is 12.8 Å². The van der Waals surface area contributed by atoms with Gasteiger partial charge in [-0.1, -0.05) is 6.07 Å². The molecule has 7 nitrogen and oxygen atoms in total. The van der Waals surface area contributed by atoms with Crippen LogP contribution >= 0.6 is 0 Å². The van der Waals surface area contributed by atoms with E-state index < -0.39 is 11.7 Å². The van der Waals surface area contributed by atoms with Crippen LogP contribution in [0.1, 0.15) is 44.0 Å². The summed E-state index contributed by atoms with van der Waals surface area (Å²) < 4.78 is 16.5. The van der Waals surface area contributed by atoms with Gasteiger partial charge in [0.2, 0.25) is 0 Å². The Morgan fingerprint density at radius 1 is 1.23 bits per heavy atom. The SMILES string of the molecule is CC(C)(C)OC(=O)N[C@H]1CCCN(C(=O)c2cccc3c2OCCO3)C1. The summed E-state index contributed by atoms with van der Waals surface area (Å²) in [5.41, 5.74) is -0.0468. The van der Waals surface area contributed by atoms with Crippen LogP contribution in [0.2, 0.25) is 0 Å². The van der Waals surface area contributed by atoms with Gasteiger partial charge in [0, 0.05) is 19.1 Å². The second-order valence-corrected chi connectivity index (χ2v) is 7.57. The van der Waals surface area contributed by atoms with Gasteiger partial charge in [-0.15, -0.1) is 0 Å². The molecule has 0 spiro atoms. The molecular weight excluding hydrogens is 336 g/mol. The molecular formula is C19H26N2O5. The van der Waals surface area contributed by atoms with Crippen molar-refractivity contribution in [3.8, 4) is 11.5 Å². The van der Waals surface area contributed by atoms with E-state index in [1.807, 2.05) is 20.8 Å². The van der Waals surface area contributed by atoms with Crippen LogP contribution in [0.3, 0.4) is 0 Å². The number of alkyl carbamates (subject to hydrolysis) is 1. The Balaban J connectivity index is 1.66. The molecule has 26 heavy (non-hydrogen) atoms. The average Bonchev–Trinajstić information content (AvgIpc) is 2.59. The minimum atomic E-state index is -0.547. The molecule has 3 rings (SSSR count). The highest BCUT2D eigenvalue weighted by atomic mass is 16.6. The molecule has 142 valence electrons. The van der Waals surface area contributed by atoms with E-state index in [-0.39, 0.29) is 11.9 Å². The lowest BCUT2D eigenvalue weighted by Crippen LogP contribution is -2.50. The van der Waals surface area contributed by atoms with Crippen molar-refractivity contribution in [2.24, 2.45) is 0 Å². The maximum atomic E-state index is 13.0. The highest BCUT2D eigenvalue weighted by Crippen LogP contribution is 2.34. The number of piperidine rings is 1. The number of carbonyl (C=O) groups is 2. The number of rotatable bonds is 2. The van der Waals surface area contributed by atoms with E-state index in [2.05, 4.69) is 5.32 Å². The lowest BCUT2D eigenvalue weighted by molar-refractivity contribution is 0.0451. The molecule has 1 aromatic carbocycles. The number of hydrogen-bond donors (Lipinski definition) is 1. The van der Waals surface area contributed by atoms with E-state index in [0.29, 0.717) is 43.4 Å². The van der Waals surface area contributed by atoms with Gasteiger partial charge in [0.15, 0.2) is 11.5 Å². The van der Waals surface area contributed by atoms with Gasteiger partial charge in [-0.3, -0.25) is 4.79 Å². The normalized spacial score (nSPS) is 19.7.